The van der Waals surface area contributed by atoms with Crippen LogP contribution in [-0.4, -0.2) is 25.7 Å². The quantitative estimate of drug-likeness (QED) is 0.803. The van der Waals surface area contributed by atoms with Gasteiger partial charge in [-0.2, -0.15) is 0 Å². The van der Waals surface area contributed by atoms with Crippen LogP contribution in [0.5, 0.6) is 0 Å². The van der Waals surface area contributed by atoms with Crippen LogP contribution in [0, 0.1) is 0 Å². The third-order valence-corrected chi connectivity index (χ3v) is 4.20. The van der Waals surface area contributed by atoms with Crippen molar-refractivity contribution in [3.05, 3.63) is 53.6 Å². The molecule has 0 saturated heterocycles. The van der Waals surface area contributed by atoms with Crippen LogP contribution in [0.4, 0.5) is 5.13 Å². The van der Waals surface area contributed by atoms with Gasteiger partial charge in [-0.3, -0.25) is 14.7 Å². The smallest absolute Gasteiger partial charge is 0.276 e. The van der Waals surface area contributed by atoms with E-state index in [1.54, 1.807) is 10.9 Å². The molecule has 0 fully saturated rings. The van der Waals surface area contributed by atoms with Gasteiger partial charge < -0.3 is 0 Å². The van der Waals surface area contributed by atoms with Gasteiger partial charge in [0.05, 0.1) is 12.5 Å². The first-order chi connectivity index (χ1) is 10.6. The van der Waals surface area contributed by atoms with Crippen molar-refractivity contribution in [3.8, 4) is 5.69 Å². The largest absolute Gasteiger partial charge is 0.295 e. The number of benzene rings is 1. The third-order valence-electron chi connectivity index (χ3n) is 3.06. The van der Waals surface area contributed by atoms with E-state index in [0.29, 0.717) is 10.8 Å². The van der Waals surface area contributed by atoms with Crippen molar-refractivity contribution in [1.29, 1.82) is 0 Å². The maximum Gasteiger partial charge on any atom is 0.276 e. The van der Waals surface area contributed by atoms with Crippen molar-refractivity contribution in [2.45, 2.75) is 19.8 Å². The van der Waals surface area contributed by atoms with Crippen molar-refractivity contribution in [3.63, 3.8) is 0 Å². The highest BCUT2D eigenvalue weighted by atomic mass is 32.1. The number of hydrogen-bond donors (Lipinski definition) is 1. The molecule has 0 radical (unpaired) electrons. The van der Waals surface area contributed by atoms with Crippen LogP contribution in [0.1, 0.15) is 35.3 Å². The summed E-state index contributed by atoms with van der Waals surface area (Å²) in [6.07, 6.45) is 3.15. The molecule has 7 heteroatoms. The van der Waals surface area contributed by atoms with E-state index in [-0.39, 0.29) is 11.8 Å². The molecule has 1 amide bonds. The number of para-hydroxylation sites is 1. The first kappa shape index (κ1) is 14.4. The molecule has 0 saturated carbocycles. The van der Waals surface area contributed by atoms with Gasteiger partial charge in [0.25, 0.3) is 5.91 Å². The molecule has 0 spiro atoms. The number of anilines is 1. The van der Waals surface area contributed by atoms with Crippen LogP contribution in [-0.2, 0) is 0 Å². The van der Waals surface area contributed by atoms with E-state index in [2.05, 4.69) is 20.5 Å². The van der Waals surface area contributed by atoms with Gasteiger partial charge in [0.1, 0.15) is 10.7 Å². The lowest BCUT2D eigenvalue weighted by Gasteiger charge is -2.07. The monoisotopic (exact) mass is 313 g/mol. The van der Waals surface area contributed by atoms with Gasteiger partial charge in [0, 0.05) is 11.6 Å². The maximum absolute atomic E-state index is 12.4. The molecule has 0 unspecified atom stereocenters. The van der Waals surface area contributed by atoms with Gasteiger partial charge in [0.2, 0.25) is 5.13 Å². The molecule has 0 aliphatic heterocycles. The molecule has 2 aromatic heterocycles. The predicted molar refractivity (Wildman–Crippen MR) is 85.5 cm³/mol. The molecule has 0 aliphatic rings. The Morgan fingerprint density at radius 2 is 2.00 bits per heavy atom. The highest BCUT2D eigenvalue weighted by molar-refractivity contribution is 7.15. The fourth-order valence-electron chi connectivity index (χ4n) is 1.94. The van der Waals surface area contributed by atoms with Crippen LogP contribution in [0.3, 0.4) is 0 Å². The second kappa shape index (κ2) is 6.07. The lowest BCUT2D eigenvalue weighted by Crippen LogP contribution is -2.15. The molecule has 112 valence electrons. The standard InChI is InChI=1S/C15H15N5OS/c1-10(2)14-18-19-15(22-14)17-13(21)12-8-16-9-20(12)11-6-4-3-5-7-11/h3-10H,1-2H3,(H,17,19,21). The van der Waals surface area contributed by atoms with Crippen molar-refractivity contribution in [2.24, 2.45) is 0 Å². The summed E-state index contributed by atoms with van der Waals surface area (Å²) in [4.78, 5) is 16.5. The topological polar surface area (TPSA) is 72.7 Å². The van der Waals surface area contributed by atoms with Gasteiger partial charge in [-0.05, 0) is 12.1 Å². The van der Waals surface area contributed by atoms with E-state index in [1.165, 1.54) is 17.5 Å². The summed E-state index contributed by atoms with van der Waals surface area (Å²) in [5, 5.41) is 12.2. The molecule has 3 rings (SSSR count). The van der Waals surface area contributed by atoms with Crippen LogP contribution >= 0.6 is 11.3 Å². The minimum absolute atomic E-state index is 0.257. The number of imidazole rings is 1. The van der Waals surface area contributed by atoms with Gasteiger partial charge >= 0.3 is 0 Å². The summed E-state index contributed by atoms with van der Waals surface area (Å²) in [6, 6.07) is 9.59. The lowest BCUT2D eigenvalue weighted by molar-refractivity contribution is 0.102. The molecule has 22 heavy (non-hydrogen) atoms. The molecule has 0 aliphatic carbocycles. The van der Waals surface area contributed by atoms with Crippen LogP contribution in [0.2, 0.25) is 0 Å². The molecule has 6 nitrogen and oxygen atoms in total. The highest BCUT2D eigenvalue weighted by Crippen LogP contribution is 2.23. The lowest BCUT2D eigenvalue weighted by atomic mass is 10.2. The molecular weight excluding hydrogens is 298 g/mol. The zero-order chi connectivity index (χ0) is 15.5. The van der Waals surface area contributed by atoms with E-state index in [0.717, 1.165) is 10.7 Å². The number of nitrogens with zero attached hydrogens (tertiary/aromatic N) is 4. The Bertz CT molecular complexity index is 778. The van der Waals surface area contributed by atoms with Gasteiger partial charge in [-0.1, -0.05) is 43.4 Å². The second-order valence-electron chi connectivity index (χ2n) is 5.04. The Balaban J connectivity index is 1.83. The summed E-state index contributed by atoms with van der Waals surface area (Å²) in [6.45, 7) is 4.08. The predicted octanol–water partition coefficient (Wildman–Crippen LogP) is 3.10. The number of carbonyl (C=O) groups is 1. The number of nitrogens with one attached hydrogen (secondary N) is 1. The van der Waals surface area contributed by atoms with E-state index >= 15 is 0 Å². The Morgan fingerprint density at radius 1 is 1.23 bits per heavy atom. The molecule has 2 heterocycles. The van der Waals surface area contributed by atoms with Gasteiger partial charge in [0.15, 0.2) is 0 Å². The number of hydrogen-bond acceptors (Lipinski definition) is 5. The Kier molecular flexibility index (Phi) is 3.97. The van der Waals surface area contributed by atoms with Crippen LogP contribution < -0.4 is 5.32 Å². The first-order valence-electron chi connectivity index (χ1n) is 6.87. The minimum Gasteiger partial charge on any atom is -0.295 e. The van der Waals surface area contributed by atoms with E-state index in [9.17, 15) is 4.79 Å². The summed E-state index contributed by atoms with van der Waals surface area (Å²) in [5.41, 5.74) is 1.33. The molecule has 0 bridgehead atoms. The zero-order valence-electron chi connectivity index (χ0n) is 12.2. The van der Waals surface area contributed by atoms with Crippen molar-refractivity contribution in [1.82, 2.24) is 19.7 Å². The summed E-state index contributed by atoms with van der Waals surface area (Å²) in [7, 11) is 0. The summed E-state index contributed by atoms with van der Waals surface area (Å²) in [5.74, 6) is 0.0332. The molecular formula is C15H15N5OS. The highest BCUT2D eigenvalue weighted by Gasteiger charge is 2.16. The average Bonchev–Trinajstić information content (AvgIpc) is 3.17. The van der Waals surface area contributed by atoms with Crippen molar-refractivity contribution < 1.29 is 4.79 Å². The number of amides is 1. The summed E-state index contributed by atoms with van der Waals surface area (Å²) < 4.78 is 1.74. The Hall–Kier alpha value is -2.54. The maximum atomic E-state index is 12.4. The van der Waals surface area contributed by atoms with Crippen LogP contribution in [0.15, 0.2) is 42.9 Å². The number of carbonyl (C=O) groups excluding carboxylic acids is 1. The third kappa shape index (κ3) is 2.89. The van der Waals surface area contributed by atoms with Crippen molar-refractivity contribution in [2.75, 3.05) is 5.32 Å². The second-order valence-corrected chi connectivity index (χ2v) is 6.05. The van der Waals surface area contributed by atoms with E-state index < -0.39 is 0 Å². The summed E-state index contributed by atoms with van der Waals surface area (Å²) >= 11 is 1.38. The van der Waals surface area contributed by atoms with Gasteiger partial charge in [-0.15, -0.1) is 10.2 Å². The minimum atomic E-state index is -0.257. The van der Waals surface area contributed by atoms with Crippen LogP contribution in [0.25, 0.3) is 5.69 Å². The van der Waals surface area contributed by atoms with Gasteiger partial charge in [-0.25, -0.2) is 4.98 Å². The SMILES string of the molecule is CC(C)c1nnc(NC(=O)c2cncn2-c2ccccc2)s1. The number of rotatable bonds is 4. The van der Waals surface area contributed by atoms with E-state index in [1.807, 2.05) is 44.2 Å². The number of aromatic nitrogens is 4. The Morgan fingerprint density at radius 3 is 2.68 bits per heavy atom. The first-order valence-corrected chi connectivity index (χ1v) is 7.69. The average molecular weight is 313 g/mol. The van der Waals surface area contributed by atoms with E-state index in [4.69, 9.17) is 0 Å². The normalized spacial score (nSPS) is 10.9. The molecule has 0 atom stereocenters. The zero-order valence-corrected chi connectivity index (χ0v) is 13.0. The molecule has 3 aromatic rings. The molecule has 1 N–H and O–H groups in total. The van der Waals surface area contributed by atoms with Crippen molar-refractivity contribution >= 4 is 22.4 Å². The fourth-order valence-corrected chi connectivity index (χ4v) is 2.68. The molecule has 1 aromatic carbocycles. The Labute approximate surface area is 131 Å². The fraction of sp³-hybridized carbons (Fsp3) is 0.200.